The average molecular weight is 259 g/mol. The predicted octanol–water partition coefficient (Wildman–Crippen LogP) is 2.39. The summed E-state index contributed by atoms with van der Waals surface area (Å²) >= 11 is 1.64. The van der Waals surface area contributed by atoms with E-state index in [0.717, 1.165) is 5.75 Å². The molecule has 5 heteroatoms. The van der Waals surface area contributed by atoms with Crippen LogP contribution < -0.4 is 5.32 Å². The minimum Gasteiger partial charge on any atom is -0.444 e. The van der Waals surface area contributed by atoms with E-state index in [2.05, 4.69) is 5.32 Å². The lowest BCUT2D eigenvalue weighted by Crippen LogP contribution is -2.32. The number of carbonyl (C=O) groups excluding carboxylic acids is 2. The summed E-state index contributed by atoms with van der Waals surface area (Å²) in [5, 5.41) is 2.55. The molecule has 0 aromatic rings. The molecule has 98 valence electrons. The van der Waals surface area contributed by atoms with Crippen LogP contribution in [0.1, 0.15) is 27.2 Å². The van der Waals surface area contributed by atoms with Gasteiger partial charge in [-0.05, 0) is 33.1 Å². The van der Waals surface area contributed by atoms with E-state index in [1.54, 1.807) is 38.6 Å². The van der Waals surface area contributed by atoms with Crippen LogP contribution in [0.3, 0.4) is 0 Å². The van der Waals surface area contributed by atoms with Crippen molar-refractivity contribution in [1.29, 1.82) is 0 Å². The summed E-state index contributed by atoms with van der Waals surface area (Å²) in [5.41, 5.74) is -0.498. The van der Waals surface area contributed by atoms with Gasteiger partial charge in [0.1, 0.15) is 5.60 Å². The van der Waals surface area contributed by atoms with Crippen molar-refractivity contribution in [3.05, 3.63) is 12.2 Å². The molecular formula is C12H21NO3S. The van der Waals surface area contributed by atoms with Gasteiger partial charge in [-0.15, -0.1) is 0 Å². The molecule has 0 fully saturated rings. The molecule has 1 N–H and O–H groups in total. The number of carbonyl (C=O) groups is 2. The fraction of sp³-hybridized carbons (Fsp3) is 0.667. The van der Waals surface area contributed by atoms with Gasteiger partial charge in [0.05, 0.1) is 0 Å². The molecule has 0 spiro atoms. The molecule has 0 heterocycles. The molecule has 4 nitrogen and oxygen atoms in total. The van der Waals surface area contributed by atoms with Gasteiger partial charge in [-0.3, -0.25) is 4.79 Å². The van der Waals surface area contributed by atoms with Crippen molar-refractivity contribution in [1.82, 2.24) is 5.32 Å². The summed E-state index contributed by atoms with van der Waals surface area (Å²) in [6.45, 7) is 5.71. The lowest BCUT2D eigenvalue weighted by molar-refractivity contribution is -0.114. The molecule has 1 amide bonds. The largest absolute Gasteiger partial charge is 0.444 e. The van der Waals surface area contributed by atoms with Gasteiger partial charge in [-0.1, -0.05) is 6.08 Å². The Morgan fingerprint density at radius 1 is 1.35 bits per heavy atom. The first-order valence-corrected chi connectivity index (χ1v) is 6.89. The number of thioether (sulfide) groups is 1. The molecule has 0 aliphatic rings. The second-order valence-electron chi connectivity index (χ2n) is 4.49. The molecule has 0 bridgehead atoms. The Labute approximate surface area is 107 Å². The third-order valence-corrected chi connectivity index (χ3v) is 2.23. The minimum absolute atomic E-state index is 0.0744. The Morgan fingerprint density at radius 3 is 2.53 bits per heavy atom. The van der Waals surface area contributed by atoms with E-state index in [-0.39, 0.29) is 5.78 Å². The van der Waals surface area contributed by atoms with Gasteiger partial charge in [0.15, 0.2) is 5.78 Å². The summed E-state index contributed by atoms with van der Waals surface area (Å²) in [6.07, 6.45) is 5.14. The normalized spacial score (nSPS) is 11.5. The SMILES string of the molecule is CSCCC(=O)/C=C/CNC(=O)OC(C)(C)C. The number of alkyl carbamates (subject to hydrolysis) is 1. The van der Waals surface area contributed by atoms with Crippen molar-refractivity contribution in [3.63, 3.8) is 0 Å². The van der Waals surface area contributed by atoms with Crippen LogP contribution in [0.25, 0.3) is 0 Å². The minimum atomic E-state index is -0.498. The molecular weight excluding hydrogens is 238 g/mol. The maximum atomic E-state index is 11.2. The second-order valence-corrected chi connectivity index (χ2v) is 5.48. The van der Waals surface area contributed by atoms with Crippen LogP contribution in [-0.4, -0.2) is 36.0 Å². The third-order valence-electron chi connectivity index (χ3n) is 1.62. The van der Waals surface area contributed by atoms with E-state index in [1.165, 1.54) is 6.08 Å². The zero-order valence-corrected chi connectivity index (χ0v) is 11.7. The predicted molar refractivity (Wildman–Crippen MR) is 71.4 cm³/mol. The van der Waals surface area contributed by atoms with Gasteiger partial charge in [0.2, 0.25) is 0 Å². The maximum Gasteiger partial charge on any atom is 0.407 e. The number of ketones is 1. The highest BCUT2D eigenvalue weighted by molar-refractivity contribution is 7.98. The molecule has 17 heavy (non-hydrogen) atoms. The molecule has 0 aliphatic heterocycles. The molecule has 0 aliphatic carbocycles. The van der Waals surface area contributed by atoms with Crippen LogP contribution >= 0.6 is 11.8 Å². The quantitative estimate of drug-likeness (QED) is 0.744. The van der Waals surface area contributed by atoms with Crippen LogP contribution in [-0.2, 0) is 9.53 Å². The van der Waals surface area contributed by atoms with Crippen molar-refractivity contribution in [2.24, 2.45) is 0 Å². The first kappa shape index (κ1) is 16.0. The highest BCUT2D eigenvalue weighted by Crippen LogP contribution is 2.06. The fourth-order valence-corrected chi connectivity index (χ4v) is 1.34. The molecule has 0 saturated heterocycles. The van der Waals surface area contributed by atoms with Crippen molar-refractivity contribution >= 4 is 23.6 Å². The van der Waals surface area contributed by atoms with Gasteiger partial charge >= 0.3 is 6.09 Å². The van der Waals surface area contributed by atoms with Gasteiger partial charge in [-0.25, -0.2) is 4.79 Å². The standard InChI is InChI=1S/C12H21NO3S/c1-12(2,3)16-11(15)13-8-5-6-10(14)7-9-17-4/h5-6H,7-9H2,1-4H3,(H,13,15)/b6-5+. The molecule has 0 saturated carbocycles. The number of hydrogen-bond donors (Lipinski definition) is 1. The highest BCUT2D eigenvalue weighted by atomic mass is 32.2. The fourth-order valence-electron chi connectivity index (χ4n) is 0.933. The average Bonchev–Trinajstić information content (AvgIpc) is 2.19. The van der Waals surface area contributed by atoms with E-state index < -0.39 is 11.7 Å². The van der Waals surface area contributed by atoms with E-state index >= 15 is 0 Å². The van der Waals surface area contributed by atoms with Gasteiger partial charge < -0.3 is 10.1 Å². The molecule has 0 radical (unpaired) electrons. The first-order chi connectivity index (χ1) is 7.85. The van der Waals surface area contributed by atoms with Crippen LogP contribution in [0.5, 0.6) is 0 Å². The van der Waals surface area contributed by atoms with Gasteiger partial charge in [-0.2, -0.15) is 11.8 Å². The van der Waals surface area contributed by atoms with E-state index in [0.29, 0.717) is 13.0 Å². The molecule has 0 unspecified atom stereocenters. The van der Waals surface area contributed by atoms with E-state index in [4.69, 9.17) is 4.74 Å². The smallest absolute Gasteiger partial charge is 0.407 e. The topological polar surface area (TPSA) is 55.4 Å². The Morgan fingerprint density at radius 2 is 2.00 bits per heavy atom. The lowest BCUT2D eigenvalue weighted by atomic mass is 10.2. The molecule has 0 aromatic heterocycles. The zero-order chi connectivity index (χ0) is 13.3. The third kappa shape index (κ3) is 11.3. The monoisotopic (exact) mass is 259 g/mol. The lowest BCUT2D eigenvalue weighted by Gasteiger charge is -2.19. The van der Waals surface area contributed by atoms with Crippen molar-refractivity contribution < 1.29 is 14.3 Å². The number of ether oxygens (including phenoxy) is 1. The summed E-state index contributed by atoms with van der Waals surface area (Å²) in [6, 6.07) is 0. The summed E-state index contributed by atoms with van der Waals surface area (Å²) in [5.74, 6) is 0.896. The number of nitrogens with one attached hydrogen (secondary N) is 1. The number of amides is 1. The van der Waals surface area contributed by atoms with Crippen molar-refractivity contribution in [2.75, 3.05) is 18.6 Å². The summed E-state index contributed by atoms with van der Waals surface area (Å²) in [7, 11) is 0. The van der Waals surface area contributed by atoms with Crippen LogP contribution in [0, 0.1) is 0 Å². The van der Waals surface area contributed by atoms with Crippen LogP contribution in [0.15, 0.2) is 12.2 Å². The Balaban J connectivity index is 3.72. The Kier molecular flexibility index (Phi) is 7.70. The Hall–Kier alpha value is -0.970. The van der Waals surface area contributed by atoms with E-state index in [1.807, 2.05) is 6.26 Å². The molecule has 0 aromatic carbocycles. The number of rotatable bonds is 6. The van der Waals surface area contributed by atoms with E-state index in [9.17, 15) is 9.59 Å². The van der Waals surface area contributed by atoms with Gasteiger partial charge in [0.25, 0.3) is 0 Å². The summed E-state index contributed by atoms with van der Waals surface area (Å²) in [4.78, 5) is 22.5. The molecule has 0 rings (SSSR count). The zero-order valence-electron chi connectivity index (χ0n) is 10.9. The highest BCUT2D eigenvalue weighted by Gasteiger charge is 2.14. The summed E-state index contributed by atoms with van der Waals surface area (Å²) < 4.78 is 5.04. The molecule has 0 atom stereocenters. The maximum absolute atomic E-state index is 11.2. The number of allylic oxidation sites excluding steroid dienone is 1. The van der Waals surface area contributed by atoms with Crippen molar-refractivity contribution in [2.45, 2.75) is 32.8 Å². The Bertz CT molecular complexity index is 282. The number of hydrogen-bond acceptors (Lipinski definition) is 4. The van der Waals surface area contributed by atoms with Crippen LogP contribution in [0.4, 0.5) is 4.79 Å². The van der Waals surface area contributed by atoms with Crippen LogP contribution in [0.2, 0.25) is 0 Å². The first-order valence-electron chi connectivity index (χ1n) is 5.50. The van der Waals surface area contributed by atoms with Crippen molar-refractivity contribution in [3.8, 4) is 0 Å². The van der Waals surface area contributed by atoms with Gasteiger partial charge in [0, 0.05) is 18.7 Å². The second kappa shape index (κ2) is 8.17.